The molecular weight excluding hydrogens is 528 g/mol. The first-order valence-corrected chi connectivity index (χ1v) is 12.4. The predicted octanol–water partition coefficient (Wildman–Crippen LogP) is 5.86. The van der Waals surface area contributed by atoms with Gasteiger partial charge in [-0.05, 0) is 45.2 Å². The molecule has 1 saturated carbocycles. The van der Waals surface area contributed by atoms with Crippen molar-refractivity contribution in [2.24, 2.45) is 11.7 Å². The molecular formula is C23H29F6N3O2S2. The van der Waals surface area contributed by atoms with E-state index in [-0.39, 0.29) is 22.0 Å². The summed E-state index contributed by atoms with van der Waals surface area (Å²) in [5.74, 6) is -0.126. The number of amides is 1. The van der Waals surface area contributed by atoms with Gasteiger partial charge in [0.05, 0.1) is 27.8 Å². The Bertz CT molecular complexity index is 1040. The van der Waals surface area contributed by atoms with Crippen molar-refractivity contribution >= 4 is 29.9 Å². The zero-order valence-corrected chi connectivity index (χ0v) is 21.6. The van der Waals surface area contributed by atoms with Crippen LogP contribution in [0, 0.1) is 5.92 Å². The van der Waals surface area contributed by atoms with E-state index in [0.29, 0.717) is 22.9 Å². The van der Waals surface area contributed by atoms with Crippen LogP contribution in [-0.4, -0.2) is 40.4 Å². The van der Waals surface area contributed by atoms with Crippen molar-refractivity contribution < 1.29 is 36.2 Å². The molecule has 1 unspecified atom stereocenters. The molecule has 1 aliphatic carbocycles. The minimum Gasteiger partial charge on any atom is -0.389 e. The smallest absolute Gasteiger partial charge is 0.389 e. The van der Waals surface area contributed by atoms with E-state index in [4.69, 9.17) is 0 Å². The van der Waals surface area contributed by atoms with Crippen LogP contribution in [0.25, 0.3) is 10.4 Å². The summed E-state index contributed by atoms with van der Waals surface area (Å²) in [4.78, 5) is 17.5. The number of nitrogens with one attached hydrogen (secondary N) is 1. The molecule has 2 aromatic rings. The van der Waals surface area contributed by atoms with Crippen LogP contribution in [0.3, 0.4) is 0 Å². The van der Waals surface area contributed by atoms with E-state index in [0.717, 1.165) is 43.6 Å². The zero-order valence-electron chi connectivity index (χ0n) is 19.9. The fourth-order valence-corrected chi connectivity index (χ4v) is 4.36. The number of aliphatic hydroxyl groups is 1. The largest absolute Gasteiger partial charge is 0.417 e. The summed E-state index contributed by atoms with van der Waals surface area (Å²) in [5, 5.41) is 12.5. The van der Waals surface area contributed by atoms with Crippen molar-refractivity contribution in [3.63, 3.8) is 0 Å². The number of alkyl halides is 6. The zero-order chi connectivity index (χ0) is 27.5. The lowest BCUT2D eigenvalue weighted by Crippen LogP contribution is -2.38. The van der Waals surface area contributed by atoms with Crippen molar-refractivity contribution in [1.29, 1.82) is 0 Å². The van der Waals surface area contributed by atoms with E-state index in [9.17, 15) is 36.2 Å². The molecule has 4 N–H and O–H groups in total. The van der Waals surface area contributed by atoms with Crippen LogP contribution >= 0.6 is 24.0 Å². The maximum Gasteiger partial charge on any atom is 0.417 e. The molecule has 3 rings (SSSR count). The highest BCUT2D eigenvalue weighted by Crippen LogP contribution is 2.43. The number of rotatable bonds is 6. The number of benzene rings is 1. The molecule has 1 atom stereocenters. The highest BCUT2D eigenvalue weighted by atomic mass is 32.1. The number of hydrogen-bond donors (Lipinski definition) is 4. The van der Waals surface area contributed by atoms with Crippen molar-refractivity contribution in [2.45, 2.75) is 75.3 Å². The lowest BCUT2D eigenvalue weighted by atomic mass is 9.81. The third-order valence-corrected chi connectivity index (χ3v) is 6.76. The van der Waals surface area contributed by atoms with Crippen molar-refractivity contribution in [1.82, 2.24) is 10.3 Å². The summed E-state index contributed by atoms with van der Waals surface area (Å²) < 4.78 is 74.1. The second kappa shape index (κ2) is 11.7. The second-order valence-corrected chi connectivity index (χ2v) is 10.9. The maximum atomic E-state index is 13.6. The number of carbonyl (C=O) groups excluding carboxylic acids is 1. The number of aromatic nitrogens is 1. The van der Waals surface area contributed by atoms with Crippen LogP contribution in [0.15, 0.2) is 23.1 Å². The minimum atomic E-state index is -4.55. The molecule has 1 aliphatic rings. The van der Waals surface area contributed by atoms with Gasteiger partial charge in [0, 0.05) is 17.0 Å². The van der Waals surface area contributed by atoms with Crippen molar-refractivity contribution in [2.75, 3.05) is 6.54 Å². The Labute approximate surface area is 214 Å². The van der Waals surface area contributed by atoms with Crippen LogP contribution in [-0.2, 0) is 12.6 Å². The highest BCUT2D eigenvalue weighted by molar-refractivity contribution is 7.80. The number of hydrogen-bond acceptors (Lipinski definition) is 6. The Balaban J connectivity index is 0.000000572. The molecule has 1 fully saturated rings. The van der Waals surface area contributed by atoms with E-state index in [1.165, 1.54) is 12.1 Å². The predicted molar refractivity (Wildman–Crippen MR) is 129 cm³/mol. The van der Waals surface area contributed by atoms with E-state index < -0.39 is 35.5 Å². The summed E-state index contributed by atoms with van der Waals surface area (Å²) in [5.41, 5.74) is 3.09. The van der Waals surface area contributed by atoms with E-state index in [1.807, 2.05) is 0 Å². The summed E-state index contributed by atoms with van der Waals surface area (Å²) >= 11 is 5.00. The highest BCUT2D eigenvalue weighted by Gasteiger charge is 2.36. The molecule has 0 spiro atoms. The number of nitrogens with zero attached hydrogens (tertiary/aromatic N) is 1. The molecule has 0 radical (unpaired) electrons. The molecule has 202 valence electrons. The topological polar surface area (TPSA) is 88.2 Å². The third-order valence-electron chi connectivity index (χ3n) is 5.35. The van der Waals surface area contributed by atoms with Gasteiger partial charge in [0.25, 0.3) is 5.91 Å². The van der Waals surface area contributed by atoms with Gasteiger partial charge in [0.1, 0.15) is 0 Å². The maximum absolute atomic E-state index is 13.6. The summed E-state index contributed by atoms with van der Waals surface area (Å²) in [6, 6.07) is 2.20. The normalized spacial score (nSPS) is 15.6. The van der Waals surface area contributed by atoms with Gasteiger partial charge >= 0.3 is 12.4 Å². The Kier molecular flexibility index (Phi) is 9.88. The van der Waals surface area contributed by atoms with Gasteiger partial charge in [-0.3, -0.25) is 4.79 Å². The second-order valence-electron chi connectivity index (χ2n) is 9.35. The first kappa shape index (κ1) is 30.4. The lowest BCUT2D eigenvalue weighted by molar-refractivity contribution is -0.143. The van der Waals surface area contributed by atoms with Crippen LogP contribution < -0.4 is 11.1 Å². The third kappa shape index (κ3) is 8.93. The van der Waals surface area contributed by atoms with Crippen LogP contribution in [0.4, 0.5) is 26.3 Å². The Morgan fingerprint density at radius 3 is 2.28 bits per heavy atom. The van der Waals surface area contributed by atoms with Gasteiger partial charge in [0.15, 0.2) is 5.01 Å². The van der Waals surface area contributed by atoms with E-state index in [2.05, 4.69) is 28.7 Å². The fourth-order valence-electron chi connectivity index (χ4n) is 3.10. The molecule has 36 heavy (non-hydrogen) atoms. The minimum absolute atomic E-state index is 0.0147. The van der Waals surface area contributed by atoms with Crippen LogP contribution in [0.5, 0.6) is 0 Å². The Morgan fingerprint density at radius 2 is 1.83 bits per heavy atom. The number of halogens is 6. The Morgan fingerprint density at radius 1 is 1.25 bits per heavy atom. The molecule has 1 amide bonds. The molecule has 0 aliphatic heterocycles. The van der Waals surface area contributed by atoms with Gasteiger partial charge in [-0.15, -0.1) is 24.0 Å². The molecule has 0 saturated heterocycles. The standard InChI is InChI=1S/C20H23F3N2O2S2.C3H6F3N/c1-19(2,27)10-24-17(26)18-25-15(8-11-4-3-5-11)16(29-18)13-7-6-12(28)9-14(13)20(21,22)23;1-2(7)3(4,5)6/h6-7,9,11,27-28H,3-5,8,10H2,1-2H3,(H,24,26);2H,7H2,1H3. The monoisotopic (exact) mass is 557 g/mol. The van der Waals surface area contributed by atoms with Gasteiger partial charge in [-0.2, -0.15) is 26.3 Å². The SMILES string of the molecule is CC(C)(O)CNC(=O)c1nc(CC2CCC2)c(-c2ccc(S)cc2C(F)(F)F)s1.CC(N)C(F)(F)F. The van der Waals surface area contributed by atoms with Gasteiger partial charge < -0.3 is 16.2 Å². The molecule has 13 heteroatoms. The average Bonchev–Trinajstić information content (AvgIpc) is 3.11. The molecule has 0 bridgehead atoms. The number of nitrogens with two attached hydrogens (primary N) is 1. The summed E-state index contributed by atoms with van der Waals surface area (Å²) in [7, 11) is 0. The summed E-state index contributed by atoms with van der Waals surface area (Å²) in [6.07, 6.45) is -5.09. The molecule has 1 aromatic carbocycles. The summed E-state index contributed by atoms with van der Waals surface area (Å²) in [6.45, 7) is 4.02. The van der Waals surface area contributed by atoms with Crippen LogP contribution in [0.1, 0.15) is 61.1 Å². The lowest BCUT2D eigenvalue weighted by Gasteiger charge is -2.25. The van der Waals surface area contributed by atoms with Gasteiger partial charge in [-0.25, -0.2) is 4.98 Å². The van der Waals surface area contributed by atoms with Crippen molar-refractivity contribution in [3.05, 3.63) is 34.5 Å². The number of thiol groups is 1. The quantitative estimate of drug-likeness (QED) is 0.265. The molecule has 5 nitrogen and oxygen atoms in total. The first-order chi connectivity index (χ1) is 16.4. The van der Waals surface area contributed by atoms with Crippen molar-refractivity contribution in [3.8, 4) is 10.4 Å². The first-order valence-electron chi connectivity index (χ1n) is 11.1. The van der Waals surface area contributed by atoms with Gasteiger partial charge in [-0.1, -0.05) is 25.3 Å². The fraction of sp³-hybridized carbons (Fsp3) is 0.565. The molecule has 1 aromatic heterocycles. The van der Waals surface area contributed by atoms with E-state index in [1.54, 1.807) is 13.8 Å². The Hall–Kier alpha value is -1.83. The van der Waals surface area contributed by atoms with Crippen LogP contribution in [0.2, 0.25) is 0 Å². The van der Waals surface area contributed by atoms with Gasteiger partial charge in [0.2, 0.25) is 0 Å². The number of carbonyl (C=O) groups is 1. The van der Waals surface area contributed by atoms with E-state index >= 15 is 0 Å². The average molecular weight is 558 g/mol. The molecule has 1 heterocycles. The number of thiazole rings is 1.